The highest BCUT2D eigenvalue weighted by molar-refractivity contribution is 7.90. The standard InChI is InChI=1S/C16H25NO2S/c1-13-4-3-5-15(10-13)12-17-11-14-6-8-16(9-7-14)20(2,18)19/h6-9,13,15,17H,3-5,10-12H2,1-2H3. The van der Waals surface area contributed by atoms with Gasteiger partial charge in [-0.2, -0.15) is 0 Å². The van der Waals surface area contributed by atoms with Crippen LogP contribution >= 0.6 is 0 Å². The van der Waals surface area contributed by atoms with E-state index in [1.54, 1.807) is 12.1 Å². The summed E-state index contributed by atoms with van der Waals surface area (Å²) in [6.07, 6.45) is 6.65. The van der Waals surface area contributed by atoms with Crippen LogP contribution in [0, 0.1) is 11.8 Å². The molecule has 0 aliphatic heterocycles. The molecule has 1 aliphatic carbocycles. The fourth-order valence-electron chi connectivity index (χ4n) is 3.02. The molecule has 1 saturated carbocycles. The molecule has 0 radical (unpaired) electrons. The minimum absolute atomic E-state index is 0.391. The van der Waals surface area contributed by atoms with Gasteiger partial charge in [0, 0.05) is 12.8 Å². The number of hydrogen-bond acceptors (Lipinski definition) is 3. The first kappa shape index (κ1) is 15.5. The zero-order valence-corrected chi connectivity index (χ0v) is 13.2. The van der Waals surface area contributed by atoms with Crippen LogP contribution < -0.4 is 5.32 Å². The summed E-state index contributed by atoms with van der Waals surface area (Å²) in [5.74, 6) is 1.67. The molecule has 0 saturated heterocycles. The molecule has 0 spiro atoms. The topological polar surface area (TPSA) is 46.2 Å². The van der Waals surface area contributed by atoms with Gasteiger partial charge in [-0.3, -0.25) is 0 Å². The lowest BCUT2D eigenvalue weighted by Gasteiger charge is -2.26. The van der Waals surface area contributed by atoms with Crippen LogP contribution in [0.1, 0.15) is 38.2 Å². The van der Waals surface area contributed by atoms with E-state index in [-0.39, 0.29) is 0 Å². The first-order chi connectivity index (χ1) is 9.45. The number of rotatable bonds is 5. The van der Waals surface area contributed by atoms with Crippen molar-refractivity contribution in [3.05, 3.63) is 29.8 Å². The second-order valence-corrected chi connectivity index (χ2v) is 8.20. The van der Waals surface area contributed by atoms with Crippen LogP contribution in [0.15, 0.2) is 29.2 Å². The molecule has 2 rings (SSSR count). The lowest BCUT2D eigenvalue weighted by Crippen LogP contribution is -2.26. The molecule has 1 N–H and O–H groups in total. The van der Waals surface area contributed by atoms with Gasteiger partial charge in [0.1, 0.15) is 0 Å². The highest BCUT2D eigenvalue weighted by Crippen LogP contribution is 2.27. The van der Waals surface area contributed by atoms with Crippen LogP contribution in [0.25, 0.3) is 0 Å². The summed E-state index contributed by atoms with van der Waals surface area (Å²) in [6.45, 7) is 4.23. The molecule has 4 heteroatoms. The molecule has 1 fully saturated rings. The number of hydrogen-bond donors (Lipinski definition) is 1. The van der Waals surface area contributed by atoms with Gasteiger partial charge in [0.05, 0.1) is 4.90 Å². The van der Waals surface area contributed by atoms with Crippen molar-refractivity contribution >= 4 is 9.84 Å². The van der Waals surface area contributed by atoms with Gasteiger partial charge in [0.15, 0.2) is 9.84 Å². The summed E-state index contributed by atoms with van der Waals surface area (Å²) in [5, 5.41) is 3.50. The quantitative estimate of drug-likeness (QED) is 0.908. The minimum atomic E-state index is -3.08. The van der Waals surface area contributed by atoms with Crippen molar-refractivity contribution < 1.29 is 8.42 Å². The molecule has 0 heterocycles. The van der Waals surface area contributed by atoms with Crippen molar-refractivity contribution in [3.8, 4) is 0 Å². The molecule has 3 nitrogen and oxygen atoms in total. The smallest absolute Gasteiger partial charge is 0.175 e. The predicted octanol–water partition coefficient (Wildman–Crippen LogP) is 3.01. The number of sulfone groups is 1. The molecule has 112 valence electrons. The van der Waals surface area contributed by atoms with Crippen molar-refractivity contribution in [1.82, 2.24) is 5.32 Å². The zero-order valence-electron chi connectivity index (χ0n) is 12.4. The third kappa shape index (κ3) is 4.60. The Morgan fingerprint density at radius 3 is 2.50 bits per heavy atom. The Kier molecular flexibility index (Phi) is 5.22. The Morgan fingerprint density at radius 2 is 1.90 bits per heavy atom. The van der Waals surface area contributed by atoms with E-state index in [0.717, 1.165) is 30.5 Å². The molecule has 1 aliphatic rings. The highest BCUT2D eigenvalue weighted by atomic mass is 32.2. The molecule has 20 heavy (non-hydrogen) atoms. The first-order valence-corrected chi connectivity index (χ1v) is 9.34. The maximum absolute atomic E-state index is 11.4. The normalized spacial score (nSPS) is 23.7. The molecule has 1 aromatic carbocycles. The van der Waals surface area contributed by atoms with Crippen LogP contribution in [0.3, 0.4) is 0 Å². The fraction of sp³-hybridized carbons (Fsp3) is 0.625. The van der Waals surface area contributed by atoms with Gasteiger partial charge in [-0.1, -0.05) is 31.9 Å². The van der Waals surface area contributed by atoms with Gasteiger partial charge in [-0.25, -0.2) is 8.42 Å². The third-order valence-electron chi connectivity index (χ3n) is 4.16. The van der Waals surface area contributed by atoms with E-state index < -0.39 is 9.84 Å². The van der Waals surface area contributed by atoms with Crippen molar-refractivity contribution in [2.75, 3.05) is 12.8 Å². The summed E-state index contributed by atoms with van der Waals surface area (Å²) in [5.41, 5.74) is 1.14. The third-order valence-corrected chi connectivity index (χ3v) is 5.29. The van der Waals surface area contributed by atoms with Crippen LogP contribution in [0.4, 0.5) is 0 Å². The van der Waals surface area contributed by atoms with E-state index in [0.29, 0.717) is 4.90 Å². The lowest BCUT2D eigenvalue weighted by atomic mass is 9.82. The molecule has 1 aromatic rings. The summed E-state index contributed by atoms with van der Waals surface area (Å²) in [4.78, 5) is 0.391. The van der Waals surface area contributed by atoms with Crippen molar-refractivity contribution in [1.29, 1.82) is 0 Å². The summed E-state index contributed by atoms with van der Waals surface area (Å²) < 4.78 is 22.8. The second kappa shape index (κ2) is 6.72. The van der Waals surface area contributed by atoms with Crippen LogP contribution in [0.2, 0.25) is 0 Å². The van der Waals surface area contributed by atoms with Gasteiger partial charge in [-0.15, -0.1) is 0 Å². The highest BCUT2D eigenvalue weighted by Gasteiger charge is 2.18. The zero-order chi connectivity index (χ0) is 14.6. The maximum atomic E-state index is 11.4. The summed E-state index contributed by atoms with van der Waals surface area (Å²) in [6, 6.07) is 7.17. The molecule has 2 unspecified atom stereocenters. The van der Waals surface area contributed by atoms with Crippen molar-refractivity contribution in [2.45, 2.75) is 44.0 Å². The van der Waals surface area contributed by atoms with Gasteiger partial charge >= 0.3 is 0 Å². The Hall–Kier alpha value is -0.870. The van der Waals surface area contributed by atoms with E-state index in [9.17, 15) is 8.42 Å². The summed E-state index contributed by atoms with van der Waals surface area (Å²) in [7, 11) is -3.08. The van der Waals surface area contributed by atoms with Gasteiger partial charge in [0.25, 0.3) is 0 Å². The van der Waals surface area contributed by atoms with E-state index in [2.05, 4.69) is 12.2 Å². The van der Waals surface area contributed by atoms with Crippen LogP contribution in [0.5, 0.6) is 0 Å². The van der Waals surface area contributed by atoms with Gasteiger partial charge in [-0.05, 0) is 48.9 Å². The Balaban J connectivity index is 1.79. The Bertz CT molecular complexity index is 522. The molecule has 2 atom stereocenters. The summed E-state index contributed by atoms with van der Waals surface area (Å²) >= 11 is 0. The Labute approximate surface area is 122 Å². The number of nitrogens with one attached hydrogen (secondary N) is 1. The van der Waals surface area contributed by atoms with Crippen LogP contribution in [-0.2, 0) is 16.4 Å². The van der Waals surface area contributed by atoms with Crippen LogP contribution in [-0.4, -0.2) is 21.2 Å². The van der Waals surface area contributed by atoms with Gasteiger partial charge < -0.3 is 5.32 Å². The maximum Gasteiger partial charge on any atom is 0.175 e. The molecular formula is C16H25NO2S. The second-order valence-electron chi connectivity index (χ2n) is 6.18. The number of benzene rings is 1. The minimum Gasteiger partial charge on any atom is -0.312 e. The fourth-order valence-corrected chi connectivity index (χ4v) is 3.65. The van der Waals surface area contributed by atoms with E-state index in [1.165, 1.54) is 31.9 Å². The molecule has 0 amide bonds. The monoisotopic (exact) mass is 295 g/mol. The SMILES string of the molecule is CC1CCCC(CNCc2ccc(S(C)(=O)=O)cc2)C1. The average molecular weight is 295 g/mol. The Morgan fingerprint density at radius 1 is 1.20 bits per heavy atom. The largest absolute Gasteiger partial charge is 0.312 e. The van der Waals surface area contributed by atoms with E-state index in [4.69, 9.17) is 0 Å². The molecular weight excluding hydrogens is 270 g/mol. The van der Waals surface area contributed by atoms with Crippen molar-refractivity contribution in [2.24, 2.45) is 11.8 Å². The first-order valence-electron chi connectivity index (χ1n) is 7.45. The van der Waals surface area contributed by atoms with E-state index >= 15 is 0 Å². The molecule has 0 bridgehead atoms. The average Bonchev–Trinajstić information content (AvgIpc) is 2.38. The van der Waals surface area contributed by atoms with E-state index in [1.807, 2.05) is 12.1 Å². The van der Waals surface area contributed by atoms with Crippen molar-refractivity contribution in [3.63, 3.8) is 0 Å². The van der Waals surface area contributed by atoms with Gasteiger partial charge in [0.2, 0.25) is 0 Å². The predicted molar refractivity (Wildman–Crippen MR) is 82.4 cm³/mol. The molecule has 0 aromatic heterocycles. The lowest BCUT2D eigenvalue weighted by molar-refractivity contribution is 0.274.